The minimum Gasteiger partial charge on any atom is -0.495 e. The van der Waals surface area contributed by atoms with Gasteiger partial charge in [-0.3, -0.25) is 9.69 Å². The van der Waals surface area contributed by atoms with Crippen LogP contribution < -0.4 is 15.0 Å². The number of hydrogen-bond donors (Lipinski definition) is 2. The number of ether oxygens (including phenoxy) is 2. The van der Waals surface area contributed by atoms with Crippen molar-refractivity contribution < 1.29 is 19.4 Å². The summed E-state index contributed by atoms with van der Waals surface area (Å²) in [6.45, 7) is 6.01. The first-order valence-electron chi connectivity index (χ1n) is 10.9. The van der Waals surface area contributed by atoms with E-state index in [1.165, 1.54) is 4.88 Å². The number of aliphatic hydroxyl groups is 1. The van der Waals surface area contributed by atoms with E-state index in [1.54, 1.807) is 18.4 Å². The van der Waals surface area contributed by atoms with Gasteiger partial charge in [-0.25, -0.2) is 0 Å². The van der Waals surface area contributed by atoms with E-state index in [0.717, 1.165) is 61.1 Å². The second-order valence-corrected chi connectivity index (χ2v) is 9.16. The molecular formula is C23H31N3O4S. The molecule has 4 rings (SSSR count). The number of piperazine rings is 1. The maximum Gasteiger partial charge on any atom is 0.261 e. The summed E-state index contributed by atoms with van der Waals surface area (Å²) in [5.41, 5.74) is 2.25. The van der Waals surface area contributed by atoms with Gasteiger partial charge in [-0.15, -0.1) is 11.3 Å². The first-order chi connectivity index (χ1) is 15.1. The summed E-state index contributed by atoms with van der Waals surface area (Å²) in [6, 6.07) is 10.0. The number of nitrogens with one attached hydrogen (secondary N) is 1. The second-order valence-electron chi connectivity index (χ2n) is 8.02. The standard InChI is InChI=1S/C23H31N3O4S/c1-29-20-5-3-2-4-19(20)26-11-9-25(10-12-26)15-18(27)6-8-24-23(28)22-14-17-16-30-13-7-21(17)31-22/h2-5,14,18,27H,6-13,15-16H2,1H3,(H,24,28). The number of rotatable bonds is 8. The average molecular weight is 446 g/mol. The molecule has 0 spiro atoms. The molecule has 1 aromatic heterocycles. The molecule has 0 saturated carbocycles. The van der Waals surface area contributed by atoms with Crippen molar-refractivity contribution in [1.29, 1.82) is 0 Å². The SMILES string of the molecule is COc1ccccc1N1CCN(CC(O)CCNC(=O)c2cc3c(s2)CCOC3)CC1. The molecule has 2 aliphatic heterocycles. The number of amides is 1. The molecule has 7 nitrogen and oxygen atoms in total. The fraction of sp³-hybridized carbons (Fsp3) is 0.522. The normalized spacial score (nSPS) is 17.8. The Morgan fingerprint density at radius 3 is 2.87 bits per heavy atom. The molecule has 1 saturated heterocycles. The number of fused-ring (bicyclic) bond motifs is 1. The lowest BCUT2D eigenvalue weighted by atomic mass is 10.2. The number of para-hydroxylation sites is 2. The van der Waals surface area contributed by atoms with E-state index in [9.17, 15) is 9.90 Å². The lowest BCUT2D eigenvalue weighted by Crippen LogP contribution is -2.49. The molecule has 2 aromatic rings. The Labute approximate surface area is 187 Å². The summed E-state index contributed by atoms with van der Waals surface area (Å²) in [7, 11) is 1.70. The number of carbonyl (C=O) groups is 1. The van der Waals surface area contributed by atoms with Crippen LogP contribution in [0, 0.1) is 0 Å². The number of carbonyl (C=O) groups excluding carboxylic acids is 1. The fourth-order valence-electron chi connectivity index (χ4n) is 4.15. The molecule has 1 aromatic carbocycles. The van der Waals surface area contributed by atoms with Crippen LogP contribution >= 0.6 is 11.3 Å². The lowest BCUT2D eigenvalue weighted by Gasteiger charge is -2.37. The van der Waals surface area contributed by atoms with Crippen LogP contribution in [0.4, 0.5) is 5.69 Å². The summed E-state index contributed by atoms with van der Waals surface area (Å²) in [4.78, 5) is 19.0. The lowest BCUT2D eigenvalue weighted by molar-refractivity contribution is 0.0905. The quantitative estimate of drug-likeness (QED) is 0.649. The number of anilines is 1. The van der Waals surface area contributed by atoms with Crippen LogP contribution in [0.2, 0.25) is 0 Å². The molecule has 1 amide bonds. The van der Waals surface area contributed by atoms with Crippen molar-refractivity contribution in [1.82, 2.24) is 10.2 Å². The number of thiophene rings is 1. The average Bonchev–Trinajstić information content (AvgIpc) is 3.24. The van der Waals surface area contributed by atoms with Gasteiger partial charge in [-0.1, -0.05) is 12.1 Å². The highest BCUT2D eigenvalue weighted by Gasteiger charge is 2.22. The molecule has 3 heterocycles. The minimum absolute atomic E-state index is 0.0583. The number of nitrogens with zero attached hydrogens (tertiary/aromatic N) is 2. The van der Waals surface area contributed by atoms with Crippen LogP contribution in [-0.4, -0.2) is 75.0 Å². The number of hydrogen-bond acceptors (Lipinski definition) is 7. The second kappa shape index (κ2) is 10.5. The zero-order valence-electron chi connectivity index (χ0n) is 18.0. The molecule has 31 heavy (non-hydrogen) atoms. The van der Waals surface area contributed by atoms with Gasteiger partial charge in [0.25, 0.3) is 5.91 Å². The first kappa shape index (κ1) is 22.1. The van der Waals surface area contributed by atoms with Crippen LogP contribution in [0.25, 0.3) is 0 Å². The summed E-state index contributed by atoms with van der Waals surface area (Å²) in [5.74, 6) is 0.836. The third kappa shape index (κ3) is 5.57. The number of aliphatic hydroxyl groups excluding tert-OH is 1. The summed E-state index contributed by atoms with van der Waals surface area (Å²) in [6.07, 6.45) is 0.978. The van der Waals surface area contributed by atoms with Gasteiger partial charge in [-0.2, -0.15) is 0 Å². The van der Waals surface area contributed by atoms with Crippen molar-refractivity contribution in [2.75, 3.05) is 57.9 Å². The molecule has 1 atom stereocenters. The summed E-state index contributed by atoms with van der Waals surface area (Å²) in [5, 5.41) is 13.4. The topological polar surface area (TPSA) is 74.3 Å². The van der Waals surface area contributed by atoms with E-state index >= 15 is 0 Å². The highest BCUT2D eigenvalue weighted by Crippen LogP contribution is 2.28. The monoisotopic (exact) mass is 445 g/mol. The number of β-amino-alcohol motifs (C(OH)–C–C–N with tert-alkyl or cyclic N) is 1. The van der Waals surface area contributed by atoms with E-state index in [4.69, 9.17) is 9.47 Å². The van der Waals surface area contributed by atoms with Gasteiger partial charge in [0.1, 0.15) is 5.75 Å². The van der Waals surface area contributed by atoms with Crippen LogP contribution in [0.15, 0.2) is 30.3 Å². The van der Waals surface area contributed by atoms with Crippen molar-refractivity contribution in [2.24, 2.45) is 0 Å². The highest BCUT2D eigenvalue weighted by atomic mass is 32.1. The first-order valence-corrected chi connectivity index (χ1v) is 11.7. The van der Waals surface area contributed by atoms with Gasteiger partial charge in [0, 0.05) is 50.6 Å². The Hall–Kier alpha value is -2.13. The maximum atomic E-state index is 12.4. The van der Waals surface area contributed by atoms with Crippen LogP contribution in [0.1, 0.15) is 26.5 Å². The van der Waals surface area contributed by atoms with Gasteiger partial charge in [0.05, 0.1) is 37.0 Å². The zero-order valence-corrected chi connectivity index (χ0v) is 18.8. The molecule has 168 valence electrons. The number of benzene rings is 1. The Kier molecular flexibility index (Phi) is 7.45. The van der Waals surface area contributed by atoms with Gasteiger partial charge in [0.15, 0.2) is 0 Å². The van der Waals surface area contributed by atoms with Gasteiger partial charge in [0.2, 0.25) is 0 Å². The van der Waals surface area contributed by atoms with E-state index in [-0.39, 0.29) is 5.91 Å². The van der Waals surface area contributed by atoms with Crippen LogP contribution in [0.5, 0.6) is 5.75 Å². The van der Waals surface area contributed by atoms with Crippen molar-refractivity contribution in [2.45, 2.75) is 25.6 Å². The van der Waals surface area contributed by atoms with Crippen molar-refractivity contribution in [3.63, 3.8) is 0 Å². The Balaban J connectivity index is 1.17. The molecule has 2 aliphatic rings. The van der Waals surface area contributed by atoms with Crippen LogP contribution in [-0.2, 0) is 17.8 Å². The highest BCUT2D eigenvalue weighted by molar-refractivity contribution is 7.14. The van der Waals surface area contributed by atoms with E-state index in [1.807, 2.05) is 24.3 Å². The van der Waals surface area contributed by atoms with Crippen molar-refractivity contribution >= 4 is 22.9 Å². The summed E-state index contributed by atoms with van der Waals surface area (Å²) < 4.78 is 10.9. The van der Waals surface area contributed by atoms with Crippen molar-refractivity contribution in [3.8, 4) is 5.75 Å². The maximum absolute atomic E-state index is 12.4. The van der Waals surface area contributed by atoms with Gasteiger partial charge in [-0.05, 0) is 30.2 Å². The molecule has 8 heteroatoms. The molecule has 0 radical (unpaired) electrons. The third-order valence-electron chi connectivity index (χ3n) is 5.88. The predicted molar refractivity (Wildman–Crippen MR) is 122 cm³/mol. The molecular weight excluding hydrogens is 414 g/mol. The molecule has 0 aliphatic carbocycles. The largest absolute Gasteiger partial charge is 0.495 e. The predicted octanol–water partition coefficient (Wildman–Crippen LogP) is 2.13. The third-order valence-corrected chi connectivity index (χ3v) is 7.12. The van der Waals surface area contributed by atoms with Gasteiger partial charge < -0.3 is 24.8 Å². The molecule has 2 N–H and O–H groups in total. The molecule has 1 unspecified atom stereocenters. The van der Waals surface area contributed by atoms with E-state index in [2.05, 4.69) is 21.2 Å². The van der Waals surface area contributed by atoms with E-state index < -0.39 is 6.10 Å². The minimum atomic E-state index is -0.456. The Morgan fingerprint density at radius 1 is 1.29 bits per heavy atom. The molecule has 0 bridgehead atoms. The van der Waals surface area contributed by atoms with E-state index in [0.29, 0.717) is 26.1 Å². The van der Waals surface area contributed by atoms with Crippen LogP contribution in [0.3, 0.4) is 0 Å². The smallest absolute Gasteiger partial charge is 0.261 e. The number of methoxy groups -OCH3 is 1. The fourth-order valence-corrected chi connectivity index (χ4v) is 5.22. The Morgan fingerprint density at radius 2 is 2.10 bits per heavy atom. The Bertz CT molecular complexity index is 856. The zero-order chi connectivity index (χ0) is 21.6. The van der Waals surface area contributed by atoms with Gasteiger partial charge >= 0.3 is 0 Å². The summed E-state index contributed by atoms with van der Waals surface area (Å²) >= 11 is 1.56. The molecule has 1 fully saturated rings. The van der Waals surface area contributed by atoms with Crippen molar-refractivity contribution in [3.05, 3.63) is 45.6 Å².